The highest BCUT2D eigenvalue weighted by molar-refractivity contribution is 6.23. The molecule has 0 aliphatic rings. The van der Waals surface area contributed by atoms with E-state index < -0.39 is 4.92 Å². The summed E-state index contributed by atoms with van der Waals surface area (Å²) in [6.07, 6.45) is 0.545. The predicted octanol–water partition coefficient (Wildman–Crippen LogP) is 2.54. The number of benzene rings is 1. The predicted molar refractivity (Wildman–Crippen MR) is 47.0 cm³/mol. The van der Waals surface area contributed by atoms with Crippen molar-refractivity contribution >= 4 is 17.3 Å². The van der Waals surface area contributed by atoms with Gasteiger partial charge in [0.15, 0.2) is 0 Å². The Kier molecular flexibility index (Phi) is 3.05. The van der Waals surface area contributed by atoms with Gasteiger partial charge in [-0.2, -0.15) is 0 Å². The maximum absolute atomic E-state index is 10.3. The van der Waals surface area contributed by atoms with Crippen molar-refractivity contribution in [3.8, 4) is 0 Å². The SMILES string of the molecule is O=[N+]([O-])c1cccc(C[CH]Cl)c1. The highest BCUT2D eigenvalue weighted by Crippen LogP contribution is 2.14. The van der Waals surface area contributed by atoms with E-state index in [4.69, 9.17) is 11.6 Å². The number of nitro groups is 1. The average molecular weight is 185 g/mol. The lowest BCUT2D eigenvalue weighted by atomic mass is 10.1. The smallest absolute Gasteiger partial charge is 0.258 e. The van der Waals surface area contributed by atoms with Gasteiger partial charge in [0.2, 0.25) is 0 Å². The van der Waals surface area contributed by atoms with Crippen molar-refractivity contribution in [1.82, 2.24) is 0 Å². The van der Waals surface area contributed by atoms with Crippen LogP contribution in [0.4, 0.5) is 5.69 Å². The zero-order valence-corrected chi connectivity index (χ0v) is 6.99. The van der Waals surface area contributed by atoms with Gasteiger partial charge in [-0.15, -0.1) is 11.6 Å². The van der Waals surface area contributed by atoms with Crippen LogP contribution >= 0.6 is 11.6 Å². The van der Waals surface area contributed by atoms with E-state index in [1.165, 1.54) is 18.0 Å². The molecule has 0 saturated heterocycles. The standard InChI is InChI=1S/C8H7ClNO2/c9-5-4-7-2-1-3-8(6-7)10(11)12/h1-3,5-6H,4H2. The molecule has 0 atom stereocenters. The highest BCUT2D eigenvalue weighted by atomic mass is 35.5. The van der Waals surface area contributed by atoms with Gasteiger partial charge >= 0.3 is 0 Å². The first-order valence-corrected chi connectivity index (χ1v) is 3.83. The van der Waals surface area contributed by atoms with E-state index >= 15 is 0 Å². The first kappa shape index (κ1) is 9.00. The van der Waals surface area contributed by atoms with Crippen molar-refractivity contribution in [2.75, 3.05) is 0 Å². The molecule has 1 aromatic carbocycles. The fourth-order valence-corrected chi connectivity index (χ4v) is 1.06. The Morgan fingerprint density at radius 3 is 2.92 bits per heavy atom. The fraction of sp³-hybridized carbons (Fsp3) is 0.125. The summed E-state index contributed by atoms with van der Waals surface area (Å²) in [4.78, 5) is 9.90. The molecular weight excluding hydrogens is 178 g/mol. The zero-order chi connectivity index (χ0) is 8.97. The molecule has 4 heteroatoms. The molecule has 0 aliphatic heterocycles. The van der Waals surface area contributed by atoms with E-state index in [2.05, 4.69) is 0 Å². The third-order valence-corrected chi connectivity index (χ3v) is 1.59. The van der Waals surface area contributed by atoms with E-state index in [0.717, 1.165) is 5.56 Å². The van der Waals surface area contributed by atoms with Gasteiger partial charge in [0.05, 0.1) is 10.8 Å². The van der Waals surface area contributed by atoms with Crippen LogP contribution in [0, 0.1) is 16.0 Å². The second-order valence-corrected chi connectivity index (χ2v) is 2.59. The van der Waals surface area contributed by atoms with Crippen LogP contribution in [0.15, 0.2) is 24.3 Å². The molecule has 0 amide bonds. The molecule has 0 aromatic heterocycles. The van der Waals surface area contributed by atoms with E-state index in [1.807, 2.05) is 0 Å². The number of nitrogens with zero attached hydrogens (tertiary/aromatic N) is 1. The minimum Gasteiger partial charge on any atom is -0.258 e. The van der Waals surface area contributed by atoms with Crippen LogP contribution in [0.25, 0.3) is 0 Å². The highest BCUT2D eigenvalue weighted by Gasteiger charge is 2.04. The topological polar surface area (TPSA) is 43.1 Å². The van der Waals surface area contributed by atoms with Crippen molar-refractivity contribution in [3.63, 3.8) is 0 Å². The Morgan fingerprint density at radius 2 is 2.33 bits per heavy atom. The van der Waals surface area contributed by atoms with Crippen LogP contribution in [0.1, 0.15) is 5.56 Å². The lowest BCUT2D eigenvalue weighted by molar-refractivity contribution is -0.384. The maximum Gasteiger partial charge on any atom is 0.269 e. The van der Waals surface area contributed by atoms with Crippen LogP contribution in [-0.2, 0) is 6.42 Å². The van der Waals surface area contributed by atoms with Gasteiger partial charge in [0, 0.05) is 12.1 Å². The maximum atomic E-state index is 10.3. The fourth-order valence-electron chi connectivity index (χ4n) is 0.886. The summed E-state index contributed by atoms with van der Waals surface area (Å²) in [5, 5.41) is 10.3. The first-order chi connectivity index (χ1) is 5.74. The Hall–Kier alpha value is -1.09. The monoisotopic (exact) mass is 184 g/mol. The van der Waals surface area contributed by atoms with Crippen LogP contribution in [-0.4, -0.2) is 4.92 Å². The molecular formula is C8H7ClNO2. The second kappa shape index (κ2) is 4.07. The Bertz CT molecular complexity index is 288. The molecule has 12 heavy (non-hydrogen) atoms. The van der Waals surface area contributed by atoms with Crippen LogP contribution in [0.5, 0.6) is 0 Å². The van der Waals surface area contributed by atoms with Crippen molar-refractivity contribution < 1.29 is 4.92 Å². The van der Waals surface area contributed by atoms with E-state index in [-0.39, 0.29) is 5.69 Å². The van der Waals surface area contributed by atoms with E-state index in [0.29, 0.717) is 6.42 Å². The van der Waals surface area contributed by atoms with Gasteiger partial charge in [0.25, 0.3) is 5.69 Å². The molecule has 1 radical (unpaired) electrons. The molecule has 1 rings (SSSR count). The molecule has 0 N–H and O–H groups in total. The lowest BCUT2D eigenvalue weighted by Crippen LogP contribution is -1.89. The second-order valence-electron chi connectivity index (χ2n) is 2.29. The Morgan fingerprint density at radius 1 is 1.58 bits per heavy atom. The average Bonchev–Trinajstić information content (AvgIpc) is 2.05. The summed E-state index contributed by atoms with van der Waals surface area (Å²) in [5.74, 6) is 1.44. The summed E-state index contributed by atoms with van der Waals surface area (Å²) >= 11 is 5.37. The van der Waals surface area contributed by atoms with Crippen LogP contribution in [0.3, 0.4) is 0 Å². The number of non-ortho nitro benzene ring substituents is 1. The molecule has 0 unspecified atom stereocenters. The quantitative estimate of drug-likeness (QED) is 0.535. The third kappa shape index (κ3) is 2.20. The first-order valence-electron chi connectivity index (χ1n) is 3.39. The molecule has 0 spiro atoms. The summed E-state index contributed by atoms with van der Waals surface area (Å²) in [5.41, 5.74) is 0.949. The molecule has 0 aliphatic carbocycles. The van der Waals surface area contributed by atoms with E-state index in [9.17, 15) is 10.1 Å². The van der Waals surface area contributed by atoms with Crippen LogP contribution < -0.4 is 0 Å². The van der Waals surface area contributed by atoms with Gasteiger partial charge < -0.3 is 0 Å². The molecule has 0 fully saturated rings. The largest absolute Gasteiger partial charge is 0.269 e. The number of hydrogen-bond acceptors (Lipinski definition) is 2. The normalized spacial score (nSPS) is 9.75. The van der Waals surface area contributed by atoms with Gasteiger partial charge in [-0.1, -0.05) is 12.1 Å². The molecule has 0 saturated carbocycles. The number of nitro benzene ring substituents is 1. The van der Waals surface area contributed by atoms with Crippen molar-refractivity contribution in [3.05, 3.63) is 45.8 Å². The van der Waals surface area contributed by atoms with Gasteiger partial charge in [0.1, 0.15) is 0 Å². The summed E-state index contributed by atoms with van der Waals surface area (Å²) < 4.78 is 0. The lowest BCUT2D eigenvalue weighted by Gasteiger charge is -1.95. The Balaban J connectivity index is 2.88. The summed E-state index contributed by atoms with van der Waals surface area (Å²) in [6.45, 7) is 0. The van der Waals surface area contributed by atoms with Crippen molar-refractivity contribution in [1.29, 1.82) is 0 Å². The Labute approximate surface area is 75.1 Å². The minimum absolute atomic E-state index is 0.103. The van der Waals surface area contributed by atoms with Gasteiger partial charge in [-0.05, 0) is 12.0 Å². The summed E-state index contributed by atoms with van der Waals surface area (Å²) in [7, 11) is 0. The number of rotatable bonds is 3. The molecule has 0 heterocycles. The molecule has 1 aromatic rings. The third-order valence-electron chi connectivity index (χ3n) is 1.43. The van der Waals surface area contributed by atoms with Gasteiger partial charge in [-0.25, -0.2) is 0 Å². The van der Waals surface area contributed by atoms with Crippen molar-refractivity contribution in [2.24, 2.45) is 0 Å². The minimum atomic E-state index is -0.419. The summed E-state index contributed by atoms with van der Waals surface area (Å²) in [6, 6.07) is 6.41. The van der Waals surface area contributed by atoms with E-state index in [1.54, 1.807) is 12.1 Å². The molecule has 63 valence electrons. The zero-order valence-electron chi connectivity index (χ0n) is 6.24. The van der Waals surface area contributed by atoms with Crippen molar-refractivity contribution in [2.45, 2.75) is 6.42 Å². The number of hydrogen-bond donors (Lipinski definition) is 0. The molecule has 3 nitrogen and oxygen atoms in total. The molecule has 0 bridgehead atoms. The number of halogens is 1. The van der Waals surface area contributed by atoms with Gasteiger partial charge in [-0.3, -0.25) is 10.1 Å². The van der Waals surface area contributed by atoms with Crippen LogP contribution in [0.2, 0.25) is 0 Å².